The van der Waals surface area contributed by atoms with Gasteiger partial charge >= 0.3 is 0 Å². The Hall–Kier alpha value is -1.63. The molecule has 146 valence electrons. The van der Waals surface area contributed by atoms with E-state index in [4.69, 9.17) is 14.5 Å². The van der Waals surface area contributed by atoms with E-state index < -0.39 is 0 Å². The highest BCUT2D eigenvalue weighted by atomic mass is 16.5. The molecule has 0 bridgehead atoms. The minimum absolute atomic E-state index is 0.272. The van der Waals surface area contributed by atoms with E-state index in [0.29, 0.717) is 12.6 Å². The van der Waals surface area contributed by atoms with Gasteiger partial charge in [0.15, 0.2) is 5.96 Å². The first-order chi connectivity index (χ1) is 12.6. The summed E-state index contributed by atoms with van der Waals surface area (Å²) in [5, 5.41) is 6.84. The van der Waals surface area contributed by atoms with Gasteiger partial charge in [-0.25, -0.2) is 0 Å². The smallest absolute Gasteiger partial charge is 0.191 e. The van der Waals surface area contributed by atoms with Gasteiger partial charge in [-0.05, 0) is 26.3 Å². The van der Waals surface area contributed by atoms with Crippen LogP contribution in [0.15, 0.2) is 35.3 Å². The Morgan fingerprint density at radius 3 is 2.54 bits per heavy atom. The number of hydrogen-bond acceptors (Lipinski definition) is 4. The van der Waals surface area contributed by atoms with E-state index in [-0.39, 0.29) is 5.60 Å². The summed E-state index contributed by atoms with van der Waals surface area (Å²) in [6.07, 6.45) is 0. The lowest BCUT2D eigenvalue weighted by Crippen LogP contribution is -2.46. The van der Waals surface area contributed by atoms with Gasteiger partial charge in [-0.2, -0.15) is 0 Å². The maximum atomic E-state index is 5.53. The molecule has 0 aromatic heterocycles. The molecule has 6 nitrogen and oxygen atoms in total. The van der Waals surface area contributed by atoms with Crippen molar-refractivity contribution in [3.8, 4) is 0 Å². The quantitative estimate of drug-likeness (QED) is 0.547. The number of methoxy groups -OCH3 is 1. The fourth-order valence-electron chi connectivity index (χ4n) is 2.89. The van der Waals surface area contributed by atoms with Crippen LogP contribution < -0.4 is 10.6 Å². The Morgan fingerprint density at radius 2 is 1.92 bits per heavy atom. The lowest BCUT2D eigenvalue weighted by molar-refractivity contribution is 0.0169. The zero-order valence-corrected chi connectivity index (χ0v) is 16.6. The van der Waals surface area contributed by atoms with Gasteiger partial charge in [0.05, 0.1) is 31.4 Å². The monoisotopic (exact) mass is 362 g/mol. The van der Waals surface area contributed by atoms with E-state index in [1.165, 1.54) is 5.56 Å². The van der Waals surface area contributed by atoms with Crippen molar-refractivity contribution in [2.75, 3.05) is 53.0 Å². The molecule has 2 N–H and O–H groups in total. The van der Waals surface area contributed by atoms with Crippen molar-refractivity contribution in [2.45, 2.75) is 32.4 Å². The third kappa shape index (κ3) is 6.59. The zero-order valence-electron chi connectivity index (χ0n) is 16.6. The predicted molar refractivity (Wildman–Crippen MR) is 107 cm³/mol. The standard InChI is InChI=1S/C20H34N4O2/c1-5-21-19(23-16-20(2,3)25-4)22-15-18(17-9-7-6-8-10-17)24-11-13-26-14-12-24/h6-10,18H,5,11-16H2,1-4H3,(H2,21,22,23). The summed E-state index contributed by atoms with van der Waals surface area (Å²) in [7, 11) is 1.72. The average molecular weight is 363 g/mol. The molecule has 1 atom stereocenters. The zero-order chi connectivity index (χ0) is 18.8. The summed E-state index contributed by atoms with van der Waals surface area (Å²) in [5.74, 6) is 0.826. The van der Waals surface area contributed by atoms with Gasteiger partial charge in [0, 0.05) is 33.3 Å². The number of benzene rings is 1. The van der Waals surface area contributed by atoms with Gasteiger partial charge in [0.2, 0.25) is 0 Å². The molecule has 26 heavy (non-hydrogen) atoms. The second kappa shape index (κ2) is 10.5. The molecule has 1 fully saturated rings. The molecule has 2 rings (SSSR count). The molecule has 0 aliphatic carbocycles. The van der Waals surface area contributed by atoms with Crippen LogP contribution in [0.2, 0.25) is 0 Å². The molecule has 0 radical (unpaired) electrons. The van der Waals surface area contributed by atoms with Gasteiger partial charge in [-0.1, -0.05) is 30.3 Å². The largest absolute Gasteiger partial charge is 0.379 e. The number of nitrogens with zero attached hydrogens (tertiary/aromatic N) is 2. The van der Waals surface area contributed by atoms with Crippen LogP contribution in [-0.2, 0) is 9.47 Å². The summed E-state index contributed by atoms with van der Waals surface area (Å²) in [6, 6.07) is 10.9. The number of morpholine rings is 1. The first kappa shape index (κ1) is 20.7. The fourth-order valence-corrected chi connectivity index (χ4v) is 2.89. The van der Waals surface area contributed by atoms with Crippen LogP contribution in [0.3, 0.4) is 0 Å². The maximum absolute atomic E-state index is 5.53. The summed E-state index contributed by atoms with van der Waals surface area (Å²) < 4.78 is 11.0. The molecule has 1 aromatic carbocycles. The van der Waals surface area contributed by atoms with Crippen LogP contribution in [0, 0.1) is 0 Å². The lowest BCUT2D eigenvalue weighted by atomic mass is 10.0. The topological polar surface area (TPSA) is 58.1 Å². The van der Waals surface area contributed by atoms with Crippen molar-refractivity contribution in [3.05, 3.63) is 35.9 Å². The SMILES string of the molecule is CCNC(=NCC(C)(C)OC)NCC(c1ccccc1)N1CCOCC1. The molecule has 0 spiro atoms. The molecule has 1 unspecified atom stereocenters. The first-order valence-electron chi connectivity index (χ1n) is 9.50. The van der Waals surface area contributed by atoms with E-state index >= 15 is 0 Å². The Kier molecular flexibility index (Phi) is 8.35. The van der Waals surface area contributed by atoms with Gasteiger partial charge in [-0.3, -0.25) is 9.89 Å². The predicted octanol–water partition coefficient (Wildman–Crippen LogP) is 2.04. The summed E-state index contributed by atoms with van der Waals surface area (Å²) in [6.45, 7) is 11.9. The van der Waals surface area contributed by atoms with Crippen molar-refractivity contribution >= 4 is 5.96 Å². The number of aliphatic imine (C=N–C) groups is 1. The first-order valence-corrected chi connectivity index (χ1v) is 9.50. The fraction of sp³-hybridized carbons (Fsp3) is 0.650. The van der Waals surface area contributed by atoms with Gasteiger partial charge in [-0.15, -0.1) is 0 Å². The molecule has 1 aromatic rings. The van der Waals surface area contributed by atoms with Crippen molar-refractivity contribution in [2.24, 2.45) is 4.99 Å². The van der Waals surface area contributed by atoms with Gasteiger partial charge in [0.1, 0.15) is 0 Å². The number of guanidine groups is 1. The molecule has 1 aliphatic heterocycles. The lowest BCUT2D eigenvalue weighted by Gasteiger charge is -2.35. The molecule has 0 saturated carbocycles. The average Bonchev–Trinajstić information content (AvgIpc) is 2.68. The van der Waals surface area contributed by atoms with E-state index in [9.17, 15) is 0 Å². The Bertz CT molecular complexity index is 542. The van der Waals surface area contributed by atoms with E-state index in [1.807, 2.05) is 13.8 Å². The molecule has 1 saturated heterocycles. The van der Waals surface area contributed by atoms with Crippen LogP contribution in [0.1, 0.15) is 32.4 Å². The third-order valence-electron chi connectivity index (χ3n) is 4.65. The van der Waals surface area contributed by atoms with Crippen molar-refractivity contribution in [1.29, 1.82) is 0 Å². The molecule has 1 heterocycles. The highest BCUT2D eigenvalue weighted by Gasteiger charge is 2.23. The molecule has 1 aliphatic rings. The highest BCUT2D eigenvalue weighted by Crippen LogP contribution is 2.21. The summed E-state index contributed by atoms with van der Waals surface area (Å²) in [5.41, 5.74) is 1.04. The number of hydrogen-bond donors (Lipinski definition) is 2. The second-order valence-corrected chi connectivity index (χ2v) is 7.11. The van der Waals surface area contributed by atoms with E-state index in [1.54, 1.807) is 7.11 Å². The van der Waals surface area contributed by atoms with Gasteiger partial charge in [0.25, 0.3) is 0 Å². The van der Waals surface area contributed by atoms with Crippen LogP contribution in [0.25, 0.3) is 0 Å². The number of nitrogens with one attached hydrogen (secondary N) is 2. The van der Waals surface area contributed by atoms with Crippen LogP contribution in [-0.4, -0.2) is 69.5 Å². The normalized spacial score (nSPS) is 17.8. The van der Waals surface area contributed by atoms with Crippen LogP contribution in [0.4, 0.5) is 0 Å². The Balaban J connectivity index is 2.06. The molecular formula is C20H34N4O2. The van der Waals surface area contributed by atoms with Crippen molar-refractivity contribution < 1.29 is 9.47 Å². The van der Waals surface area contributed by atoms with Crippen LogP contribution >= 0.6 is 0 Å². The summed E-state index contributed by atoms with van der Waals surface area (Å²) >= 11 is 0. The Morgan fingerprint density at radius 1 is 1.23 bits per heavy atom. The number of ether oxygens (including phenoxy) is 2. The third-order valence-corrected chi connectivity index (χ3v) is 4.65. The molecule has 6 heteroatoms. The highest BCUT2D eigenvalue weighted by molar-refractivity contribution is 5.79. The van der Waals surface area contributed by atoms with Crippen LogP contribution in [0.5, 0.6) is 0 Å². The molecular weight excluding hydrogens is 328 g/mol. The Labute approximate surface area is 158 Å². The van der Waals surface area contributed by atoms with E-state index in [2.05, 4.69) is 52.8 Å². The van der Waals surface area contributed by atoms with Crippen molar-refractivity contribution in [3.63, 3.8) is 0 Å². The molecule has 0 amide bonds. The maximum Gasteiger partial charge on any atom is 0.191 e. The van der Waals surface area contributed by atoms with E-state index in [0.717, 1.165) is 45.4 Å². The number of rotatable bonds is 8. The summed E-state index contributed by atoms with van der Waals surface area (Å²) in [4.78, 5) is 7.17. The minimum Gasteiger partial charge on any atom is -0.379 e. The van der Waals surface area contributed by atoms with Crippen molar-refractivity contribution in [1.82, 2.24) is 15.5 Å². The van der Waals surface area contributed by atoms with Gasteiger partial charge < -0.3 is 20.1 Å². The minimum atomic E-state index is -0.272. The second-order valence-electron chi connectivity index (χ2n) is 7.11.